The van der Waals surface area contributed by atoms with Gasteiger partial charge in [-0.3, -0.25) is 4.79 Å². The molecule has 1 aromatic carbocycles. The Morgan fingerprint density at radius 1 is 1.36 bits per heavy atom. The molecule has 0 atom stereocenters. The van der Waals surface area contributed by atoms with Crippen LogP contribution in [0.4, 0.5) is 5.69 Å². The summed E-state index contributed by atoms with van der Waals surface area (Å²) in [5.41, 5.74) is 7.42. The number of benzene rings is 1. The summed E-state index contributed by atoms with van der Waals surface area (Å²) in [5.74, 6) is 0.0522. The molecule has 14 heavy (non-hydrogen) atoms. The molecular weight excluding hydrogens is 176 g/mol. The second kappa shape index (κ2) is 4.77. The van der Waals surface area contributed by atoms with Gasteiger partial charge in [-0.15, -0.1) is 0 Å². The lowest BCUT2D eigenvalue weighted by atomic mass is 10.2. The Bertz CT molecular complexity index is 306. The molecule has 0 aromatic heterocycles. The lowest BCUT2D eigenvalue weighted by molar-refractivity contribution is -0.118. The summed E-state index contributed by atoms with van der Waals surface area (Å²) in [6.45, 7) is 2.42. The average Bonchev–Trinajstić information content (AvgIpc) is 2.18. The molecule has 1 amide bonds. The van der Waals surface area contributed by atoms with Crippen molar-refractivity contribution in [3.63, 3.8) is 0 Å². The van der Waals surface area contributed by atoms with Gasteiger partial charge in [0.05, 0.1) is 0 Å². The van der Waals surface area contributed by atoms with Crippen LogP contribution in [0.5, 0.6) is 0 Å². The summed E-state index contributed by atoms with van der Waals surface area (Å²) in [6.07, 6.45) is 0.393. The minimum absolute atomic E-state index is 0.0522. The first-order valence-electron chi connectivity index (χ1n) is 4.68. The van der Waals surface area contributed by atoms with Gasteiger partial charge < -0.3 is 10.6 Å². The van der Waals surface area contributed by atoms with Crippen LogP contribution in [0.3, 0.4) is 0 Å². The summed E-state index contributed by atoms with van der Waals surface area (Å²) >= 11 is 0. The van der Waals surface area contributed by atoms with Gasteiger partial charge in [0.15, 0.2) is 0 Å². The second-order valence-electron chi connectivity index (χ2n) is 3.33. The topological polar surface area (TPSA) is 46.3 Å². The molecule has 0 fully saturated rings. The predicted octanol–water partition coefficient (Wildman–Crippen LogP) is 1.31. The monoisotopic (exact) mass is 192 g/mol. The van der Waals surface area contributed by atoms with Gasteiger partial charge in [0.25, 0.3) is 0 Å². The maximum Gasteiger partial charge on any atom is 0.227 e. The lowest BCUT2D eigenvalue weighted by Crippen LogP contribution is -2.27. The van der Waals surface area contributed by atoms with Crippen molar-refractivity contribution in [3.05, 3.63) is 29.8 Å². The number of aryl methyl sites for hydroxylation is 1. The Morgan fingerprint density at radius 2 is 1.93 bits per heavy atom. The highest BCUT2D eigenvalue weighted by Gasteiger charge is 2.08. The number of carbonyl (C=O) groups is 1. The van der Waals surface area contributed by atoms with Crippen molar-refractivity contribution in [2.24, 2.45) is 5.73 Å². The summed E-state index contributed by atoms with van der Waals surface area (Å²) in [7, 11) is 1.77. The van der Waals surface area contributed by atoms with Crippen LogP contribution in [-0.4, -0.2) is 19.5 Å². The molecule has 0 bridgehead atoms. The highest BCUT2D eigenvalue weighted by atomic mass is 16.2. The van der Waals surface area contributed by atoms with E-state index in [1.807, 2.05) is 31.2 Å². The molecule has 1 aromatic rings. The number of amides is 1. The number of carbonyl (C=O) groups excluding carboxylic acids is 1. The molecule has 76 valence electrons. The van der Waals surface area contributed by atoms with Crippen LogP contribution in [-0.2, 0) is 4.79 Å². The third kappa shape index (κ3) is 2.57. The molecule has 3 nitrogen and oxygen atoms in total. The first-order valence-corrected chi connectivity index (χ1v) is 4.68. The van der Waals surface area contributed by atoms with Crippen LogP contribution in [0.2, 0.25) is 0 Å². The van der Waals surface area contributed by atoms with Gasteiger partial charge in [-0.25, -0.2) is 0 Å². The van der Waals surface area contributed by atoms with Gasteiger partial charge in [0, 0.05) is 25.7 Å². The fraction of sp³-hybridized carbons (Fsp3) is 0.364. The first-order chi connectivity index (χ1) is 6.65. The Kier molecular flexibility index (Phi) is 3.65. The normalized spacial score (nSPS) is 9.93. The first kappa shape index (κ1) is 10.7. The van der Waals surface area contributed by atoms with E-state index in [0.29, 0.717) is 13.0 Å². The number of nitrogens with two attached hydrogens (primary N) is 1. The lowest BCUT2D eigenvalue weighted by Gasteiger charge is -2.16. The van der Waals surface area contributed by atoms with E-state index < -0.39 is 0 Å². The van der Waals surface area contributed by atoms with Crippen molar-refractivity contribution < 1.29 is 4.79 Å². The average molecular weight is 192 g/mol. The molecule has 0 unspecified atom stereocenters. The van der Waals surface area contributed by atoms with Crippen LogP contribution < -0.4 is 10.6 Å². The third-order valence-corrected chi connectivity index (χ3v) is 2.15. The molecule has 0 spiro atoms. The molecule has 2 N–H and O–H groups in total. The molecule has 0 radical (unpaired) electrons. The van der Waals surface area contributed by atoms with E-state index in [9.17, 15) is 4.79 Å². The summed E-state index contributed by atoms with van der Waals surface area (Å²) in [5, 5.41) is 0. The van der Waals surface area contributed by atoms with Crippen molar-refractivity contribution in [1.82, 2.24) is 0 Å². The van der Waals surface area contributed by atoms with Gasteiger partial charge in [-0.1, -0.05) is 17.7 Å². The zero-order valence-electron chi connectivity index (χ0n) is 8.66. The SMILES string of the molecule is Cc1ccc(N(C)C(=O)CCN)cc1. The van der Waals surface area contributed by atoms with Crippen molar-refractivity contribution >= 4 is 11.6 Å². The Balaban J connectivity index is 2.73. The Labute approximate surface area is 84.5 Å². The van der Waals surface area contributed by atoms with Crippen LogP contribution in [0.1, 0.15) is 12.0 Å². The number of hydrogen-bond donors (Lipinski definition) is 1. The molecule has 0 aliphatic rings. The zero-order chi connectivity index (χ0) is 10.6. The zero-order valence-corrected chi connectivity index (χ0v) is 8.66. The van der Waals surface area contributed by atoms with Gasteiger partial charge in [0.2, 0.25) is 5.91 Å². The second-order valence-corrected chi connectivity index (χ2v) is 3.33. The third-order valence-electron chi connectivity index (χ3n) is 2.15. The number of anilines is 1. The molecule has 0 saturated carbocycles. The Morgan fingerprint density at radius 3 is 2.43 bits per heavy atom. The molecule has 0 saturated heterocycles. The van der Waals surface area contributed by atoms with E-state index in [4.69, 9.17) is 5.73 Å². The van der Waals surface area contributed by atoms with E-state index in [2.05, 4.69) is 0 Å². The van der Waals surface area contributed by atoms with E-state index in [0.717, 1.165) is 5.69 Å². The number of nitrogens with zero attached hydrogens (tertiary/aromatic N) is 1. The van der Waals surface area contributed by atoms with E-state index in [1.54, 1.807) is 11.9 Å². The fourth-order valence-electron chi connectivity index (χ4n) is 1.20. The molecule has 0 aliphatic carbocycles. The molecule has 3 heteroatoms. The van der Waals surface area contributed by atoms with Crippen LogP contribution in [0.25, 0.3) is 0 Å². The van der Waals surface area contributed by atoms with E-state index in [1.165, 1.54) is 5.56 Å². The van der Waals surface area contributed by atoms with Crippen molar-refractivity contribution in [3.8, 4) is 0 Å². The van der Waals surface area contributed by atoms with Crippen molar-refractivity contribution in [1.29, 1.82) is 0 Å². The Hall–Kier alpha value is -1.35. The maximum atomic E-state index is 11.5. The van der Waals surface area contributed by atoms with Crippen LogP contribution in [0.15, 0.2) is 24.3 Å². The van der Waals surface area contributed by atoms with Crippen LogP contribution >= 0.6 is 0 Å². The quantitative estimate of drug-likeness (QED) is 0.784. The van der Waals surface area contributed by atoms with Gasteiger partial charge in [-0.05, 0) is 19.1 Å². The molecule has 0 heterocycles. The van der Waals surface area contributed by atoms with Gasteiger partial charge in [0.1, 0.15) is 0 Å². The van der Waals surface area contributed by atoms with Crippen molar-refractivity contribution in [2.45, 2.75) is 13.3 Å². The minimum Gasteiger partial charge on any atom is -0.330 e. The fourth-order valence-corrected chi connectivity index (χ4v) is 1.20. The summed E-state index contributed by atoms with van der Waals surface area (Å²) in [4.78, 5) is 13.1. The van der Waals surface area contributed by atoms with Gasteiger partial charge in [-0.2, -0.15) is 0 Å². The highest BCUT2D eigenvalue weighted by Crippen LogP contribution is 2.13. The number of rotatable bonds is 3. The summed E-state index contributed by atoms with van der Waals surface area (Å²) < 4.78 is 0. The molecular formula is C11H16N2O. The minimum atomic E-state index is 0.0522. The predicted molar refractivity (Wildman–Crippen MR) is 58.3 cm³/mol. The van der Waals surface area contributed by atoms with Crippen molar-refractivity contribution in [2.75, 3.05) is 18.5 Å². The van der Waals surface area contributed by atoms with Crippen LogP contribution in [0, 0.1) is 6.92 Å². The molecule has 1 rings (SSSR count). The maximum absolute atomic E-state index is 11.5. The molecule has 0 aliphatic heterocycles. The summed E-state index contributed by atoms with van der Waals surface area (Å²) in [6, 6.07) is 7.84. The smallest absolute Gasteiger partial charge is 0.227 e. The van der Waals surface area contributed by atoms with E-state index >= 15 is 0 Å². The van der Waals surface area contributed by atoms with E-state index in [-0.39, 0.29) is 5.91 Å². The van der Waals surface area contributed by atoms with Gasteiger partial charge >= 0.3 is 0 Å². The highest BCUT2D eigenvalue weighted by molar-refractivity contribution is 5.92. The number of hydrogen-bond acceptors (Lipinski definition) is 2. The standard InChI is InChI=1S/C11H16N2O/c1-9-3-5-10(6-4-9)13(2)11(14)7-8-12/h3-6H,7-8,12H2,1-2H3. The largest absolute Gasteiger partial charge is 0.330 e.